The quantitative estimate of drug-likeness (QED) is 0.833. The zero-order chi connectivity index (χ0) is 16.7. The summed E-state index contributed by atoms with van der Waals surface area (Å²) in [6, 6.07) is 7.23. The summed E-state index contributed by atoms with van der Waals surface area (Å²) < 4.78 is 5.54. The van der Waals surface area contributed by atoms with Gasteiger partial charge in [0.2, 0.25) is 5.78 Å². The van der Waals surface area contributed by atoms with Crippen LogP contribution in [0.2, 0.25) is 5.02 Å². The smallest absolute Gasteiger partial charge is 0.212 e. The lowest BCUT2D eigenvalue weighted by Gasteiger charge is -2.26. The minimum absolute atomic E-state index is 0.246. The number of Topliss-reactive ketones (excluding diaryl/α,β-unsaturated/α-hetero) is 1. The van der Waals surface area contributed by atoms with Crippen molar-refractivity contribution < 1.29 is 9.32 Å². The standard InChI is InChI=1S/C18H16ClN3O2/c19-13-6-2-1-5-12(13)16-14(15(22-24-16)11-7-8-11)17(23)18(20)9-3-4-10-21-18/h1-6,9-11,21H,7-8,20H2. The maximum atomic E-state index is 13.2. The Bertz CT molecular complexity index is 867. The predicted octanol–water partition coefficient (Wildman–Crippen LogP) is 3.38. The van der Waals surface area contributed by atoms with E-state index in [2.05, 4.69) is 10.5 Å². The summed E-state index contributed by atoms with van der Waals surface area (Å²) in [5.41, 5.74) is 6.68. The van der Waals surface area contributed by atoms with Crippen LogP contribution < -0.4 is 11.1 Å². The van der Waals surface area contributed by atoms with Crippen LogP contribution in [0.1, 0.15) is 34.8 Å². The normalized spacial score (nSPS) is 22.4. The van der Waals surface area contributed by atoms with Gasteiger partial charge in [0, 0.05) is 11.5 Å². The average Bonchev–Trinajstić information content (AvgIpc) is 3.34. The van der Waals surface area contributed by atoms with E-state index in [4.69, 9.17) is 21.9 Å². The van der Waals surface area contributed by atoms with Gasteiger partial charge in [0.1, 0.15) is 0 Å². The van der Waals surface area contributed by atoms with Crippen molar-refractivity contribution in [3.8, 4) is 11.3 Å². The van der Waals surface area contributed by atoms with E-state index >= 15 is 0 Å². The number of dihydropyridines is 1. The topological polar surface area (TPSA) is 81.2 Å². The van der Waals surface area contributed by atoms with Gasteiger partial charge in [-0.05, 0) is 43.3 Å². The van der Waals surface area contributed by atoms with E-state index in [0.29, 0.717) is 27.6 Å². The largest absolute Gasteiger partial charge is 0.364 e. The van der Waals surface area contributed by atoms with Crippen molar-refractivity contribution in [3.63, 3.8) is 0 Å². The van der Waals surface area contributed by atoms with E-state index in [9.17, 15) is 4.79 Å². The summed E-state index contributed by atoms with van der Waals surface area (Å²) in [7, 11) is 0. The molecule has 0 saturated heterocycles. The third kappa shape index (κ3) is 2.46. The molecule has 4 rings (SSSR count). The van der Waals surface area contributed by atoms with Gasteiger partial charge in [-0.25, -0.2) is 0 Å². The number of ketones is 1. The molecule has 2 aromatic rings. The molecule has 0 spiro atoms. The fourth-order valence-corrected chi connectivity index (χ4v) is 3.05. The first kappa shape index (κ1) is 15.2. The summed E-state index contributed by atoms with van der Waals surface area (Å²) in [5.74, 6) is 0.346. The monoisotopic (exact) mass is 341 g/mol. The van der Waals surface area contributed by atoms with E-state index in [1.165, 1.54) is 0 Å². The lowest BCUT2D eigenvalue weighted by atomic mass is 9.92. The number of nitrogens with zero attached hydrogens (tertiary/aromatic N) is 1. The van der Waals surface area contributed by atoms with E-state index in [0.717, 1.165) is 12.8 Å². The molecule has 1 aromatic carbocycles. The third-order valence-corrected chi connectivity index (χ3v) is 4.62. The first-order chi connectivity index (χ1) is 11.6. The highest BCUT2D eigenvalue weighted by atomic mass is 35.5. The van der Waals surface area contributed by atoms with Crippen LogP contribution in [0, 0.1) is 0 Å². The van der Waals surface area contributed by atoms with Crippen LogP contribution in [0.4, 0.5) is 0 Å². The summed E-state index contributed by atoms with van der Waals surface area (Å²) in [5, 5.41) is 7.59. The maximum absolute atomic E-state index is 13.2. The summed E-state index contributed by atoms with van der Waals surface area (Å²) in [4.78, 5) is 13.2. The van der Waals surface area contributed by atoms with Crippen molar-refractivity contribution in [2.75, 3.05) is 0 Å². The Labute approximate surface area is 144 Å². The molecule has 1 fully saturated rings. The van der Waals surface area contributed by atoms with Crippen molar-refractivity contribution in [1.82, 2.24) is 10.5 Å². The Kier molecular flexibility index (Phi) is 3.55. The lowest BCUT2D eigenvalue weighted by molar-refractivity contribution is 0.0905. The Balaban J connectivity index is 1.86. The van der Waals surface area contributed by atoms with Crippen LogP contribution in [0.3, 0.4) is 0 Å². The van der Waals surface area contributed by atoms with Crippen molar-refractivity contribution in [2.45, 2.75) is 24.4 Å². The molecule has 24 heavy (non-hydrogen) atoms. The Morgan fingerprint density at radius 2 is 2.12 bits per heavy atom. The molecule has 1 aliphatic carbocycles. The molecule has 1 atom stereocenters. The van der Waals surface area contributed by atoms with Crippen LogP contribution in [-0.4, -0.2) is 16.6 Å². The Hall–Kier alpha value is -2.37. The molecule has 3 N–H and O–H groups in total. The maximum Gasteiger partial charge on any atom is 0.212 e. The molecule has 0 radical (unpaired) electrons. The number of nitrogens with one attached hydrogen (secondary N) is 1. The fraction of sp³-hybridized carbons (Fsp3) is 0.222. The molecule has 0 bridgehead atoms. The molecule has 0 amide bonds. The second-order valence-corrected chi connectivity index (χ2v) is 6.49. The molecule has 1 saturated carbocycles. The minimum atomic E-state index is -1.32. The van der Waals surface area contributed by atoms with Crippen LogP contribution in [0.15, 0.2) is 53.2 Å². The second-order valence-electron chi connectivity index (χ2n) is 6.09. The zero-order valence-corrected chi connectivity index (χ0v) is 13.6. The van der Waals surface area contributed by atoms with E-state index in [-0.39, 0.29) is 11.7 Å². The van der Waals surface area contributed by atoms with Gasteiger partial charge in [0.25, 0.3) is 0 Å². The number of nitrogens with two attached hydrogens (primary N) is 1. The van der Waals surface area contributed by atoms with Gasteiger partial charge >= 0.3 is 0 Å². The number of hydrogen-bond acceptors (Lipinski definition) is 5. The number of halogens is 1. The number of allylic oxidation sites excluding steroid dienone is 2. The molecule has 2 heterocycles. The molecule has 6 heteroatoms. The number of carbonyl (C=O) groups is 1. The van der Waals surface area contributed by atoms with Gasteiger partial charge in [-0.2, -0.15) is 0 Å². The van der Waals surface area contributed by atoms with E-state index in [1.54, 1.807) is 30.5 Å². The van der Waals surface area contributed by atoms with Gasteiger partial charge < -0.3 is 9.84 Å². The Morgan fingerprint density at radius 1 is 1.33 bits per heavy atom. The van der Waals surface area contributed by atoms with Gasteiger partial charge in [0.15, 0.2) is 11.4 Å². The molecular weight excluding hydrogens is 326 g/mol. The highest BCUT2D eigenvalue weighted by molar-refractivity contribution is 6.33. The average molecular weight is 342 g/mol. The first-order valence-corrected chi connectivity index (χ1v) is 8.18. The molecule has 1 unspecified atom stereocenters. The van der Waals surface area contributed by atoms with Gasteiger partial charge in [-0.3, -0.25) is 10.5 Å². The highest BCUT2D eigenvalue weighted by Gasteiger charge is 2.41. The predicted molar refractivity (Wildman–Crippen MR) is 91.6 cm³/mol. The number of aromatic nitrogens is 1. The van der Waals surface area contributed by atoms with Crippen molar-refractivity contribution in [1.29, 1.82) is 0 Å². The third-order valence-electron chi connectivity index (χ3n) is 4.29. The van der Waals surface area contributed by atoms with Gasteiger partial charge in [-0.15, -0.1) is 0 Å². The molecule has 122 valence electrons. The van der Waals surface area contributed by atoms with Crippen LogP contribution in [0.25, 0.3) is 11.3 Å². The van der Waals surface area contributed by atoms with Crippen molar-refractivity contribution in [3.05, 3.63) is 65.0 Å². The van der Waals surface area contributed by atoms with Crippen LogP contribution in [0.5, 0.6) is 0 Å². The van der Waals surface area contributed by atoms with Gasteiger partial charge in [0.05, 0.1) is 16.3 Å². The number of carbonyl (C=O) groups excluding carboxylic acids is 1. The van der Waals surface area contributed by atoms with Crippen LogP contribution >= 0.6 is 11.6 Å². The molecule has 2 aliphatic rings. The lowest BCUT2D eigenvalue weighted by Crippen LogP contribution is -2.57. The number of hydrogen-bond donors (Lipinski definition) is 2. The number of benzene rings is 1. The first-order valence-electron chi connectivity index (χ1n) is 7.80. The molecular formula is C18H16ClN3O2. The SMILES string of the molecule is NC1(C(=O)c2c(C3CC3)noc2-c2ccccc2Cl)C=CC=CN1. The van der Waals surface area contributed by atoms with Gasteiger partial charge in [-0.1, -0.05) is 35.0 Å². The molecule has 5 nitrogen and oxygen atoms in total. The second kappa shape index (κ2) is 5.61. The fourth-order valence-electron chi connectivity index (χ4n) is 2.83. The van der Waals surface area contributed by atoms with E-state index in [1.807, 2.05) is 18.2 Å². The Morgan fingerprint density at radius 3 is 2.79 bits per heavy atom. The minimum Gasteiger partial charge on any atom is -0.364 e. The van der Waals surface area contributed by atoms with Crippen molar-refractivity contribution in [2.24, 2.45) is 5.73 Å². The summed E-state index contributed by atoms with van der Waals surface area (Å²) >= 11 is 6.29. The number of rotatable bonds is 4. The molecule has 1 aromatic heterocycles. The summed E-state index contributed by atoms with van der Waals surface area (Å²) in [6.07, 6.45) is 8.80. The zero-order valence-electron chi connectivity index (χ0n) is 12.8. The summed E-state index contributed by atoms with van der Waals surface area (Å²) in [6.45, 7) is 0. The highest BCUT2D eigenvalue weighted by Crippen LogP contribution is 2.45. The molecule has 1 aliphatic heterocycles. The van der Waals surface area contributed by atoms with Crippen LogP contribution in [-0.2, 0) is 0 Å². The van der Waals surface area contributed by atoms with Crippen molar-refractivity contribution >= 4 is 17.4 Å². The van der Waals surface area contributed by atoms with E-state index < -0.39 is 5.66 Å².